The molecule has 0 bridgehead atoms. The molecule has 0 saturated heterocycles. The molecule has 1 aromatic carbocycles. The zero-order chi connectivity index (χ0) is 14.3. The summed E-state index contributed by atoms with van der Waals surface area (Å²) in [5.74, 6) is 0. The summed E-state index contributed by atoms with van der Waals surface area (Å²) < 4.78 is 30.6. The first-order valence-corrected chi connectivity index (χ1v) is 7.25. The second-order valence-electron chi connectivity index (χ2n) is 3.72. The summed E-state index contributed by atoms with van der Waals surface area (Å²) in [5.41, 5.74) is 6.74. The van der Waals surface area contributed by atoms with E-state index in [0.717, 1.165) is 0 Å². The largest absolute Gasteiger partial charge is 0.397 e. The second kappa shape index (κ2) is 7.29. The van der Waals surface area contributed by atoms with Crippen LogP contribution in [-0.2, 0) is 14.8 Å². The lowest BCUT2D eigenvalue weighted by Crippen LogP contribution is -2.19. The van der Waals surface area contributed by atoms with Crippen molar-refractivity contribution < 1.29 is 18.3 Å². The lowest BCUT2D eigenvalue weighted by atomic mass is 10.2. The summed E-state index contributed by atoms with van der Waals surface area (Å²) >= 11 is 0. The van der Waals surface area contributed by atoms with Gasteiger partial charge in [0, 0.05) is 6.54 Å². The average Bonchev–Trinajstić information content (AvgIpc) is 2.40. The third-order valence-corrected chi connectivity index (χ3v) is 3.81. The summed E-state index contributed by atoms with van der Waals surface area (Å²) in [4.78, 5) is 0.142. The zero-order valence-electron chi connectivity index (χ0n) is 10.7. The number of hydrogen-bond donors (Lipinski definition) is 4. The molecule has 0 radical (unpaired) electrons. The molecule has 0 unspecified atom stereocenters. The highest BCUT2D eigenvalue weighted by molar-refractivity contribution is 7.89. The summed E-state index contributed by atoms with van der Waals surface area (Å²) in [6.07, 6.45) is 0. The molecule has 108 valence electrons. The van der Waals surface area contributed by atoms with Gasteiger partial charge in [-0.2, -0.15) is 0 Å². The van der Waals surface area contributed by atoms with Gasteiger partial charge in [0.15, 0.2) is 0 Å². The average molecular weight is 289 g/mol. The van der Waals surface area contributed by atoms with E-state index in [9.17, 15) is 8.42 Å². The van der Waals surface area contributed by atoms with Crippen molar-refractivity contribution in [3.8, 4) is 0 Å². The molecule has 0 amide bonds. The number of ether oxygens (including phenoxy) is 1. The number of aliphatic hydroxyl groups excluding tert-OH is 1. The van der Waals surface area contributed by atoms with Gasteiger partial charge >= 0.3 is 0 Å². The standard InChI is InChI=1S/C11H19N3O4S/c1-13-19(16,17)9-2-3-10(12)11(8-9)14-4-6-18-7-5-15/h2-3,8,13-15H,4-7,12H2,1H3. The van der Waals surface area contributed by atoms with Gasteiger partial charge < -0.3 is 20.9 Å². The Morgan fingerprint density at radius 3 is 2.74 bits per heavy atom. The Kier molecular flexibility index (Phi) is 6.03. The van der Waals surface area contributed by atoms with Gasteiger partial charge in [0.2, 0.25) is 10.0 Å². The van der Waals surface area contributed by atoms with E-state index >= 15 is 0 Å². The Balaban J connectivity index is 2.70. The number of nitrogens with two attached hydrogens (primary N) is 1. The fraction of sp³-hybridized carbons (Fsp3) is 0.455. The van der Waals surface area contributed by atoms with Crippen LogP contribution in [0.15, 0.2) is 23.1 Å². The van der Waals surface area contributed by atoms with Crippen LogP contribution >= 0.6 is 0 Å². The van der Waals surface area contributed by atoms with Crippen molar-refractivity contribution in [1.82, 2.24) is 4.72 Å². The topological polar surface area (TPSA) is 114 Å². The van der Waals surface area contributed by atoms with E-state index in [0.29, 0.717) is 24.5 Å². The lowest BCUT2D eigenvalue weighted by Gasteiger charge is -2.11. The van der Waals surface area contributed by atoms with E-state index in [4.69, 9.17) is 15.6 Å². The van der Waals surface area contributed by atoms with E-state index in [2.05, 4.69) is 10.0 Å². The van der Waals surface area contributed by atoms with Crippen LogP contribution in [0, 0.1) is 0 Å². The van der Waals surface area contributed by atoms with Crippen molar-refractivity contribution in [2.75, 3.05) is 44.5 Å². The number of aliphatic hydroxyl groups is 1. The van der Waals surface area contributed by atoms with Crippen molar-refractivity contribution in [2.24, 2.45) is 0 Å². The van der Waals surface area contributed by atoms with Crippen LogP contribution in [0.4, 0.5) is 11.4 Å². The molecule has 1 rings (SSSR count). The van der Waals surface area contributed by atoms with Crippen LogP contribution in [0.3, 0.4) is 0 Å². The smallest absolute Gasteiger partial charge is 0.240 e. The fourth-order valence-corrected chi connectivity index (χ4v) is 2.15. The van der Waals surface area contributed by atoms with E-state index in [-0.39, 0.29) is 18.1 Å². The van der Waals surface area contributed by atoms with Gasteiger partial charge in [0.25, 0.3) is 0 Å². The first-order valence-electron chi connectivity index (χ1n) is 5.77. The second-order valence-corrected chi connectivity index (χ2v) is 5.61. The molecular weight excluding hydrogens is 270 g/mol. The molecule has 0 fully saturated rings. The van der Waals surface area contributed by atoms with Gasteiger partial charge in [0.05, 0.1) is 36.1 Å². The Hall–Kier alpha value is -1.35. The van der Waals surface area contributed by atoms with Crippen molar-refractivity contribution >= 4 is 21.4 Å². The monoisotopic (exact) mass is 289 g/mol. The maximum atomic E-state index is 11.6. The van der Waals surface area contributed by atoms with Crippen LogP contribution in [0.1, 0.15) is 0 Å². The molecular formula is C11H19N3O4S. The number of nitrogens with one attached hydrogen (secondary N) is 2. The van der Waals surface area contributed by atoms with Crippen LogP contribution in [0.2, 0.25) is 0 Å². The van der Waals surface area contributed by atoms with Crippen molar-refractivity contribution in [3.05, 3.63) is 18.2 Å². The Bertz CT molecular complexity index is 505. The van der Waals surface area contributed by atoms with Gasteiger partial charge in [-0.3, -0.25) is 0 Å². The highest BCUT2D eigenvalue weighted by Crippen LogP contribution is 2.22. The quantitative estimate of drug-likeness (QED) is 0.382. The Morgan fingerprint density at radius 2 is 2.11 bits per heavy atom. The maximum Gasteiger partial charge on any atom is 0.240 e. The minimum Gasteiger partial charge on any atom is -0.397 e. The summed E-state index contributed by atoms with van der Waals surface area (Å²) in [6, 6.07) is 4.43. The zero-order valence-corrected chi connectivity index (χ0v) is 11.5. The van der Waals surface area contributed by atoms with Gasteiger partial charge in [-0.15, -0.1) is 0 Å². The predicted molar refractivity (Wildman–Crippen MR) is 73.5 cm³/mol. The van der Waals surface area contributed by atoms with E-state index in [1.54, 1.807) is 0 Å². The molecule has 7 nitrogen and oxygen atoms in total. The third-order valence-electron chi connectivity index (χ3n) is 2.40. The number of hydrogen-bond acceptors (Lipinski definition) is 6. The van der Waals surface area contributed by atoms with Crippen LogP contribution in [0.25, 0.3) is 0 Å². The van der Waals surface area contributed by atoms with Gasteiger partial charge in [-0.05, 0) is 25.2 Å². The molecule has 1 aromatic rings. The maximum absolute atomic E-state index is 11.6. The molecule has 0 aromatic heterocycles. The van der Waals surface area contributed by atoms with E-state index < -0.39 is 10.0 Å². The number of anilines is 2. The molecule has 0 spiro atoms. The number of rotatable bonds is 8. The lowest BCUT2D eigenvalue weighted by molar-refractivity contribution is 0.0992. The minimum absolute atomic E-state index is 0.0297. The molecule has 19 heavy (non-hydrogen) atoms. The minimum atomic E-state index is -3.49. The Morgan fingerprint density at radius 1 is 1.37 bits per heavy atom. The fourth-order valence-electron chi connectivity index (χ4n) is 1.40. The first-order chi connectivity index (χ1) is 9.01. The molecule has 8 heteroatoms. The van der Waals surface area contributed by atoms with Crippen LogP contribution < -0.4 is 15.8 Å². The molecule has 0 aliphatic carbocycles. The van der Waals surface area contributed by atoms with Gasteiger partial charge in [-0.25, -0.2) is 13.1 Å². The summed E-state index contributed by atoms with van der Waals surface area (Å²) in [6.45, 7) is 1.10. The van der Waals surface area contributed by atoms with Crippen LogP contribution in [0.5, 0.6) is 0 Å². The highest BCUT2D eigenvalue weighted by Gasteiger charge is 2.12. The van der Waals surface area contributed by atoms with Crippen molar-refractivity contribution in [2.45, 2.75) is 4.90 Å². The summed E-state index contributed by atoms with van der Waals surface area (Å²) in [5, 5.41) is 11.5. The number of nitrogen functional groups attached to an aromatic ring is 1. The van der Waals surface area contributed by atoms with Crippen molar-refractivity contribution in [1.29, 1.82) is 0 Å². The third kappa shape index (κ3) is 4.67. The van der Waals surface area contributed by atoms with Gasteiger partial charge in [-0.1, -0.05) is 0 Å². The highest BCUT2D eigenvalue weighted by atomic mass is 32.2. The predicted octanol–water partition coefficient (Wildman–Crippen LogP) is -0.402. The molecule has 0 saturated carbocycles. The number of benzene rings is 1. The van der Waals surface area contributed by atoms with Crippen LogP contribution in [-0.4, -0.2) is 46.9 Å². The molecule has 0 aliphatic rings. The van der Waals surface area contributed by atoms with Gasteiger partial charge in [0.1, 0.15) is 0 Å². The van der Waals surface area contributed by atoms with E-state index in [1.807, 2.05) is 0 Å². The molecule has 0 aliphatic heterocycles. The number of sulfonamides is 1. The normalized spacial score (nSPS) is 11.5. The molecule has 0 atom stereocenters. The Labute approximate surface area is 112 Å². The SMILES string of the molecule is CNS(=O)(=O)c1ccc(N)c(NCCOCCO)c1. The molecule has 5 N–H and O–H groups in total. The summed E-state index contributed by atoms with van der Waals surface area (Å²) in [7, 11) is -2.14. The van der Waals surface area contributed by atoms with Crippen molar-refractivity contribution in [3.63, 3.8) is 0 Å². The first kappa shape index (κ1) is 15.7. The molecule has 0 heterocycles. The van der Waals surface area contributed by atoms with E-state index in [1.165, 1.54) is 25.2 Å².